The molecule has 0 radical (unpaired) electrons. The van der Waals surface area contributed by atoms with E-state index in [1.807, 2.05) is 30.5 Å². The Labute approximate surface area is 165 Å². The van der Waals surface area contributed by atoms with E-state index < -0.39 is 0 Å². The summed E-state index contributed by atoms with van der Waals surface area (Å²) in [4.78, 5) is 0. The molecule has 0 aliphatic heterocycles. The minimum absolute atomic E-state index is 0.390. The van der Waals surface area contributed by atoms with Crippen molar-refractivity contribution in [1.82, 2.24) is 9.78 Å². The molecule has 0 saturated carbocycles. The number of benzene rings is 2. The van der Waals surface area contributed by atoms with Gasteiger partial charge in [-0.3, -0.25) is 4.68 Å². The van der Waals surface area contributed by atoms with Gasteiger partial charge in [-0.05, 0) is 42.0 Å². The summed E-state index contributed by atoms with van der Waals surface area (Å²) in [6.45, 7) is 0.571. The number of thiocarbonyl (C=S) groups is 1. The molecule has 0 aliphatic carbocycles. The number of rotatable bonds is 4. The van der Waals surface area contributed by atoms with E-state index in [1.165, 1.54) is 0 Å². The van der Waals surface area contributed by atoms with Gasteiger partial charge < -0.3 is 10.6 Å². The van der Waals surface area contributed by atoms with Gasteiger partial charge in [-0.2, -0.15) is 5.10 Å². The zero-order chi connectivity index (χ0) is 17.8. The number of nitrogens with one attached hydrogen (secondary N) is 2. The predicted octanol–water partition coefficient (Wildman–Crippen LogP) is 5.70. The number of anilines is 2. The van der Waals surface area contributed by atoms with Crippen LogP contribution in [-0.4, -0.2) is 14.9 Å². The maximum Gasteiger partial charge on any atom is 0.175 e. The lowest BCUT2D eigenvalue weighted by Crippen LogP contribution is -2.19. The van der Waals surface area contributed by atoms with Crippen LogP contribution in [0.5, 0.6) is 0 Å². The van der Waals surface area contributed by atoms with Crippen LogP contribution in [0.2, 0.25) is 15.1 Å². The van der Waals surface area contributed by atoms with E-state index >= 15 is 0 Å². The van der Waals surface area contributed by atoms with Gasteiger partial charge in [-0.15, -0.1) is 0 Å². The maximum atomic E-state index is 6.17. The molecule has 2 N–H and O–H groups in total. The SMILES string of the molecule is S=C(Nc1cnn(Cc2ccccc2Cl)c1)Nc1cc(Cl)ccc1Cl. The van der Waals surface area contributed by atoms with Crippen LogP contribution in [-0.2, 0) is 6.54 Å². The predicted molar refractivity (Wildman–Crippen MR) is 109 cm³/mol. The number of hydrogen-bond donors (Lipinski definition) is 2. The molecule has 25 heavy (non-hydrogen) atoms. The lowest BCUT2D eigenvalue weighted by atomic mass is 10.2. The number of halogens is 3. The van der Waals surface area contributed by atoms with Gasteiger partial charge in [0.25, 0.3) is 0 Å². The highest BCUT2D eigenvalue weighted by Gasteiger charge is 2.07. The fourth-order valence-corrected chi connectivity index (χ4v) is 2.95. The van der Waals surface area contributed by atoms with Crippen LogP contribution in [0.15, 0.2) is 54.9 Å². The van der Waals surface area contributed by atoms with E-state index in [2.05, 4.69) is 15.7 Å². The summed E-state index contributed by atoms with van der Waals surface area (Å²) in [5, 5.41) is 12.6. The zero-order valence-electron chi connectivity index (χ0n) is 12.8. The summed E-state index contributed by atoms with van der Waals surface area (Å²) >= 11 is 23.6. The summed E-state index contributed by atoms with van der Waals surface area (Å²) in [5.74, 6) is 0. The molecule has 3 rings (SSSR count). The Kier molecular flexibility index (Phi) is 5.81. The third kappa shape index (κ3) is 4.86. The Hall–Kier alpha value is -1.79. The first-order valence-corrected chi connectivity index (χ1v) is 8.84. The first kappa shape index (κ1) is 18.0. The van der Waals surface area contributed by atoms with Crippen LogP contribution in [0.1, 0.15) is 5.56 Å². The second-order valence-corrected chi connectivity index (χ2v) is 6.88. The van der Waals surface area contributed by atoms with Gasteiger partial charge in [0, 0.05) is 16.2 Å². The maximum absolute atomic E-state index is 6.17. The van der Waals surface area contributed by atoms with Gasteiger partial charge in [0.05, 0.1) is 29.1 Å². The van der Waals surface area contributed by atoms with E-state index in [9.17, 15) is 0 Å². The smallest absolute Gasteiger partial charge is 0.175 e. The van der Waals surface area contributed by atoms with Crippen molar-refractivity contribution in [1.29, 1.82) is 0 Å². The second kappa shape index (κ2) is 8.06. The molecular weight excluding hydrogens is 399 g/mol. The molecule has 8 heteroatoms. The quantitative estimate of drug-likeness (QED) is 0.540. The summed E-state index contributed by atoms with van der Waals surface area (Å²) in [7, 11) is 0. The van der Waals surface area contributed by atoms with E-state index in [-0.39, 0.29) is 0 Å². The van der Waals surface area contributed by atoms with Crippen LogP contribution < -0.4 is 10.6 Å². The largest absolute Gasteiger partial charge is 0.331 e. The molecule has 0 aliphatic rings. The lowest BCUT2D eigenvalue weighted by molar-refractivity contribution is 0.687. The molecular formula is C17H13Cl3N4S. The summed E-state index contributed by atoms with van der Waals surface area (Å²) in [5.41, 5.74) is 2.38. The van der Waals surface area contributed by atoms with Crippen molar-refractivity contribution >= 4 is 63.5 Å². The van der Waals surface area contributed by atoms with Crippen molar-refractivity contribution in [2.45, 2.75) is 6.54 Å². The Morgan fingerprint density at radius 2 is 1.84 bits per heavy atom. The van der Waals surface area contributed by atoms with Crippen molar-refractivity contribution in [2.24, 2.45) is 0 Å². The lowest BCUT2D eigenvalue weighted by Gasteiger charge is -2.10. The molecule has 2 aromatic carbocycles. The Morgan fingerprint density at radius 3 is 2.64 bits per heavy atom. The van der Waals surface area contributed by atoms with Crippen molar-refractivity contribution < 1.29 is 0 Å². The number of hydrogen-bond acceptors (Lipinski definition) is 2. The third-order valence-corrected chi connectivity index (χ3v) is 4.50. The first-order chi connectivity index (χ1) is 12.0. The van der Waals surface area contributed by atoms with Gasteiger partial charge in [0.15, 0.2) is 5.11 Å². The number of nitrogens with zero attached hydrogens (tertiary/aromatic N) is 2. The third-order valence-electron chi connectivity index (χ3n) is 3.36. The van der Waals surface area contributed by atoms with Crippen LogP contribution in [0.3, 0.4) is 0 Å². The fourth-order valence-electron chi connectivity index (χ4n) is 2.19. The molecule has 0 fully saturated rings. The van der Waals surface area contributed by atoms with Crippen LogP contribution >= 0.6 is 47.0 Å². The van der Waals surface area contributed by atoms with Gasteiger partial charge in [-0.1, -0.05) is 53.0 Å². The average molecular weight is 412 g/mol. The minimum atomic E-state index is 0.390. The molecule has 1 heterocycles. The Morgan fingerprint density at radius 1 is 1.04 bits per heavy atom. The molecule has 128 valence electrons. The summed E-state index contributed by atoms with van der Waals surface area (Å²) < 4.78 is 1.78. The van der Waals surface area contributed by atoms with Gasteiger partial charge in [0.2, 0.25) is 0 Å². The van der Waals surface area contributed by atoms with E-state index in [0.29, 0.717) is 32.4 Å². The van der Waals surface area contributed by atoms with Crippen LogP contribution in [0.4, 0.5) is 11.4 Å². The molecule has 0 saturated heterocycles. The molecule has 3 aromatic rings. The van der Waals surface area contributed by atoms with Gasteiger partial charge in [0.1, 0.15) is 0 Å². The highest BCUT2D eigenvalue weighted by atomic mass is 35.5. The second-order valence-electron chi connectivity index (χ2n) is 5.22. The average Bonchev–Trinajstić information content (AvgIpc) is 3.00. The highest BCUT2D eigenvalue weighted by molar-refractivity contribution is 7.80. The zero-order valence-corrected chi connectivity index (χ0v) is 15.9. The van der Waals surface area contributed by atoms with E-state index in [0.717, 1.165) is 11.3 Å². The van der Waals surface area contributed by atoms with Crippen LogP contribution in [0, 0.1) is 0 Å². The van der Waals surface area contributed by atoms with Gasteiger partial charge >= 0.3 is 0 Å². The molecule has 0 atom stereocenters. The van der Waals surface area contributed by atoms with E-state index in [1.54, 1.807) is 29.1 Å². The normalized spacial score (nSPS) is 10.5. The monoisotopic (exact) mass is 410 g/mol. The van der Waals surface area contributed by atoms with Gasteiger partial charge in [-0.25, -0.2) is 0 Å². The standard InChI is InChI=1S/C17H13Cl3N4S/c18-12-5-6-15(20)16(7-12)23-17(25)22-13-8-21-24(10-13)9-11-3-1-2-4-14(11)19/h1-8,10H,9H2,(H2,22,23,25). The minimum Gasteiger partial charge on any atom is -0.331 e. The number of aromatic nitrogens is 2. The Balaban J connectivity index is 1.64. The highest BCUT2D eigenvalue weighted by Crippen LogP contribution is 2.25. The molecule has 4 nitrogen and oxygen atoms in total. The molecule has 1 aromatic heterocycles. The van der Waals surface area contributed by atoms with Crippen molar-refractivity contribution in [3.05, 3.63) is 75.5 Å². The van der Waals surface area contributed by atoms with Crippen molar-refractivity contribution in [2.75, 3.05) is 10.6 Å². The molecule has 0 spiro atoms. The van der Waals surface area contributed by atoms with Crippen LogP contribution in [0.25, 0.3) is 0 Å². The van der Waals surface area contributed by atoms with Crippen molar-refractivity contribution in [3.8, 4) is 0 Å². The molecule has 0 unspecified atom stereocenters. The molecule has 0 amide bonds. The first-order valence-electron chi connectivity index (χ1n) is 7.30. The topological polar surface area (TPSA) is 41.9 Å². The summed E-state index contributed by atoms with van der Waals surface area (Å²) in [6.07, 6.45) is 3.53. The van der Waals surface area contributed by atoms with Crippen molar-refractivity contribution in [3.63, 3.8) is 0 Å². The van der Waals surface area contributed by atoms with E-state index in [4.69, 9.17) is 47.0 Å². The Bertz CT molecular complexity index is 910. The summed E-state index contributed by atoms with van der Waals surface area (Å²) in [6, 6.07) is 12.8. The fraction of sp³-hybridized carbons (Fsp3) is 0.0588. The molecule has 0 bridgehead atoms.